The lowest BCUT2D eigenvalue weighted by atomic mass is 9.49. The summed E-state index contributed by atoms with van der Waals surface area (Å²) in [6.07, 6.45) is 2.33. The Morgan fingerprint density at radius 1 is 1.00 bits per heavy atom. The molecular weight excluding hydrogens is 902 g/mol. The van der Waals surface area contributed by atoms with Crippen molar-refractivity contribution in [1.82, 2.24) is 25.8 Å². The van der Waals surface area contributed by atoms with Crippen molar-refractivity contribution in [2.75, 3.05) is 31.6 Å². The standard InChI is InChI=1S/C52H66ClN7O7S/c1-9-40-43(68-31-57-40)33-15-13-32(14-16-33)28-56-46(64)41-25-37(61)29-60(41)47(65)44(50(2,3)4)58-42(62)30-66-24-12-10-11-23-55-36-20-17-34(18-21-36)45(63)59-48-51(5,6)49(52(48,7)8)67-38-22-19-35(27-54)39(53)26-38/h13-22,26,31,37,41,44,48-49,55,61H,9-12,23-25,28-30H2,1-8H3,(H,56,64)(H,58,62)(H,59,63)/t37-,41+,44-,48-,49-/m1/s1. The summed E-state index contributed by atoms with van der Waals surface area (Å²) in [6, 6.07) is 20.4. The minimum absolute atomic E-state index is 0.00750. The maximum Gasteiger partial charge on any atom is 0.251 e. The number of aliphatic hydroxyl groups excluding tert-OH is 1. The van der Waals surface area contributed by atoms with E-state index in [2.05, 4.69) is 66.9 Å². The van der Waals surface area contributed by atoms with Crippen LogP contribution < -0.4 is 26.0 Å². The van der Waals surface area contributed by atoms with Gasteiger partial charge in [0.1, 0.15) is 36.6 Å². The molecule has 14 nitrogen and oxygen atoms in total. The van der Waals surface area contributed by atoms with E-state index < -0.39 is 35.4 Å². The van der Waals surface area contributed by atoms with E-state index in [4.69, 9.17) is 21.1 Å². The van der Waals surface area contributed by atoms with Crippen LogP contribution in [0, 0.1) is 27.6 Å². The zero-order chi connectivity index (χ0) is 49.4. The fourth-order valence-corrected chi connectivity index (χ4v) is 10.7. The van der Waals surface area contributed by atoms with E-state index in [1.165, 1.54) is 4.90 Å². The first-order valence-electron chi connectivity index (χ1n) is 23.4. The van der Waals surface area contributed by atoms with Gasteiger partial charge >= 0.3 is 0 Å². The Morgan fingerprint density at radius 2 is 1.71 bits per heavy atom. The molecule has 2 aliphatic rings. The van der Waals surface area contributed by atoms with Crippen molar-refractivity contribution in [1.29, 1.82) is 5.26 Å². The minimum Gasteiger partial charge on any atom is -0.489 e. The molecule has 16 heteroatoms. The van der Waals surface area contributed by atoms with Gasteiger partial charge in [0.2, 0.25) is 17.7 Å². The molecule has 1 saturated heterocycles. The molecule has 6 rings (SSSR count). The van der Waals surface area contributed by atoms with Crippen LogP contribution in [0.2, 0.25) is 5.02 Å². The third-order valence-corrected chi connectivity index (χ3v) is 14.3. The lowest BCUT2D eigenvalue weighted by Crippen LogP contribution is -2.74. The normalized spacial score (nSPS) is 19.8. The molecule has 4 aromatic rings. The van der Waals surface area contributed by atoms with Crippen molar-refractivity contribution >= 4 is 52.3 Å². The second-order valence-corrected chi connectivity index (χ2v) is 21.3. The van der Waals surface area contributed by atoms with E-state index in [0.717, 1.165) is 53.1 Å². The van der Waals surface area contributed by atoms with E-state index >= 15 is 0 Å². The lowest BCUT2D eigenvalue weighted by molar-refractivity contribution is -0.164. The van der Waals surface area contributed by atoms with Gasteiger partial charge in [0, 0.05) is 66.9 Å². The van der Waals surface area contributed by atoms with Gasteiger partial charge in [-0.3, -0.25) is 19.2 Å². The summed E-state index contributed by atoms with van der Waals surface area (Å²) in [4.78, 5) is 60.9. The van der Waals surface area contributed by atoms with E-state index in [-0.39, 0.29) is 60.9 Å². The first-order valence-corrected chi connectivity index (χ1v) is 24.7. The van der Waals surface area contributed by atoms with Gasteiger partial charge in [-0.15, -0.1) is 11.3 Å². The largest absolute Gasteiger partial charge is 0.489 e. The van der Waals surface area contributed by atoms with Gasteiger partial charge in [-0.2, -0.15) is 5.26 Å². The average Bonchev–Trinajstić information content (AvgIpc) is 3.95. The lowest BCUT2D eigenvalue weighted by Gasteiger charge is -2.63. The van der Waals surface area contributed by atoms with E-state index in [1.54, 1.807) is 41.7 Å². The van der Waals surface area contributed by atoms with Crippen LogP contribution in [0.3, 0.4) is 0 Å². The van der Waals surface area contributed by atoms with Gasteiger partial charge in [0.15, 0.2) is 0 Å². The Labute approximate surface area is 409 Å². The summed E-state index contributed by atoms with van der Waals surface area (Å²) in [6.45, 7) is 17.0. The quantitative estimate of drug-likeness (QED) is 0.0543. The van der Waals surface area contributed by atoms with Crippen LogP contribution in [0.4, 0.5) is 5.69 Å². The van der Waals surface area contributed by atoms with Crippen LogP contribution in [0.1, 0.15) is 108 Å². The number of carbonyl (C=O) groups excluding carboxylic acids is 4. The highest BCUT2D eigenvalue weighted by Gasteiger charge is 2.64. The van der Waals surface area contributed by atoms with E-state index in [9.17, 15) is 29.5 Å². The predicted octanol–water partition coefficient (Wildman–Crippen LogP) is 7.92. The Balaban J connectivity index is 0.879. The molecule has 364 valence electrons. The Bertz CT molecular complexity index is 2430. The van der Waals surface area contributed by atoms with Crippen molar-refractivity contribution < 1.29 is 33.8 Å². The van der Waals surface area contributed by atoms with Gasteiger partial charge < -0.3 is 40.7 Å². The van der Waals surface area contributed by atoms with Crippen LogP contribution in [0.25, 0.3) is 10.4 Å². The van der Waals surface area contributed by atoms with Crippen LogP contribution in [-0.2, 0) is 32.1 Å². The highest BCUT2D eigenvalue weighted by Crippen LogP contribution is 2.55. The monoisotopic (exact) mass is 967 g/mol. The van der Waals surface area contributed by atoms with Gasteiger partial charge in [0.25, 0.3) is 5.91 Å². The molecule has 1 aromatic heterocycles. The molecule has 3 aromatic carbocycles. The summed E-state index contributed by atoms with van der Waals surface area (Å²) < 4.78 is 12.0. The number of β-amino-alcohol motifs (C(OH)–C–C–N with tert-alkyl or cyclic N) is 1. The third kappa shape index (κ3) is 12.4. The number of hydrogen-bond acceptors (Lipinski definition) is 11. The number of anilines is 1. The number of aliphatic hydroxyl groups is 1. The fraction of sp³-hybridized carbons (Fsp3) is 0.500. The average molecular weight is 969 g/mol. The SMILES string of the molecule is CCc1ncsc1-c1ccc(CNC(=O)[C@@H]2C[C@@H](O)CN2C(=O)[C@@H](NC(=O)COCCCCCNc2ccc(C(=O)N[C@H]3C(C)(C)[C@H](Oc4ccc(C#N)c(Cl)c4)C3(C)C)cc2)C(C)(C)C)cc1. The number of likely N-dealkylation sites (tertiary alicyclic amines) is 1. The molecule has 0 bridgehead atoms. The molecule has 0 spiro atoms. The summed E-state index contributed by atoms with van der Waals surface area (Å²) in [5, 5.41) is 32.5. The number of nitriles is 1. The first-order chi connectivity index (χ1) is 32.2. The number of hydrogen-bond donors (Lipinski definition) is 5. The number of carbonyl (C=O) groups is 4. The van der Waals surface area contributed by atoms with Crippen LogP contribution in [0.5, 0.6) is 5.75 Å². The molecule has 68 heavy (non-hydrogen) atoms. The van der Waals surface area contributed by atoms with Gasteiger partial charge in [-0.1, -0.05) is 91.3 Å². The molecule has 0 radical (unpaired) electrons. The van der Waals surface area contributed by atoms with Crippen LogP contribution >= 0.6 is 22.9 Å². The molecule has 4 amide bonds. The van der Waals surface area contributed by atoms with E-state index in [1.807, 2.05) is 62.7 Å². The maximum absolute atomic E-state index is 14.0. The number of halogens is 1. The van der Waals surface area contributed by atoms with Crippen molar-refractivity contribution in [3.63, 3.8) is 0 Å². The number of unbranched alkanes of at least 4 members (excludes halogenated alkanes) is 2. The smallest absolute Gasteiger partial charge is 0.251 e. The number of amides is 4. The highest BCUT2D eigenvalue weighted by molar-refractivity contribution is 7.13. The second kappa shape index (κ2) is 22.3. The number of aryl methyl sites for hydroxylation is 1. The number of benzene rings is 3. The molecule has 3 atom stereocenters. The van der Waals surface area contributed by atoms with E-state index in [0.29, 0.717) is 35.1 Å². The maximum atomic E-state index is 14.0. The van der Waals surface area contributed by atoms with Crippen molar-refractivity contribution in [3.05, 3.63) is 99.6 Å². The zero-order valence-corrected chi connectivity index (χ0v) is 42.0. The molecule has 1 saturated carbocycles. The molecule has 2 fully saturated rings. The van der Waals surface area contributed by atoms with Crippen molar-refractivity contribution in [2.45, 2.75) is 124 Å². The molecule has 1 aliphatic heterocycles. The van der Waals surface area contributed by atoms with Gasteiger partial charge in [0.05, 0.1) is 32.8 Å². The number of rotatable bonds is 20. The Kier molecular flexibility index (Phi) is 17.0. The van der Waals surface area contributed by atoms with Crippen molar-refractivity contribution in [3.8, 4) is 22.3 Å². The Morgan fingerprint density at radius 3 is 2.35 bits per heavy atom. The number of ether oxygens (including phenoxy) is 2. The molecule has 1 aliphatic carbocycles. The highest BCUT2D eigenvalue weighted by atomic mass is 35.5. The summed E-state index contributed by atoms with van der Waals surface area (Å²) >= 11 is 7.84. The number of aromatic nitrogens is 1. The second-order valence-electron chi connectivity index (χ2n) is 20.1. The molecule has 0 unspecified atom stereocenters. The predicted molar refractivity (Wildman–Crippen MR) is 265 cm³/mol. The summed E-state index contributed by atoms with van der Waals surface area (Å²) in [5.41, 5.74) is 5.26. The minimum atomic E-state index is -0.946. The Hall–Kier alpha value is -5.53. The van der Waals surface area contributed by atoms with Gasteiger partial charge in [-0.25, -0.2) is 4.98 Å². The topological polar surface area (TPSA) is 195 Å². The van der Waals surface area contributed by atoms with Crippen LogP contribution in [-0.4, -0.2) is 95.3 Å². The number of thiazole rings is 1. The first kappa shape index (κ1) is 51.9. The fourth-order valence-electron chi connectivity index (χ4n) is 9.61. The zero-order valence-electron chi connectivity index (χ0n) is 40.4. The van der Waals surface area contributed by atoms with Crippen LogP contribution in [0.15, 0.2) is 72.2 Å². The third-order valence-electron chi connectivity index (χ3n) is 13.0. The summed E-state index contributed by atoms with van der Waals surface area (Å²) in [7, 11) is 0. The number of nitrogens with zero attached hydrogens (tertiary/aromatic N) is 3. The summed E-state index contributed by atoms with van der Waals surface area (Å²) in [5.74, 6) is -0.809. The number of nitrogens with one attached hydrogen (secondary N) is 4. The molecule has 5 N–H and O–H groups in total. The van der Waals surface area contributed by atoms with Crippen molar-refractivity contribution in [2.24, 2.45) is 16.2 Å². The van der Waals surface area contributed by atoms with Gasteiger partial charge in [-0.05, 0) is 78.6 Å². The molecule has 2 heterocycles. The molecular formula is C52H66ClN7O7S.